The van der Waals surface area contributed by atoms with Gasteiger partial charge in [-0.2, -0.15) is 0 Å². The molecule has 0 radical (unpaired) electrons. The van der Waals surface area contributed by atoms with Crippen LogP contribution in [0, 0.1) is 9.86 Å². The topological polar surface area (TPSA) is 18.5 Å². The molecular weight excluding hydrogens is 379 g/mol. The van der Waals surface area contributed by atoms with Crippen LogP contribution in [0.3, 0.4) is 0 Å². The van der Waals surface area contributed by atoms with Gasteiger partial charge in [-0.3, -0.25) is 0 Å². The van der Waals surface area contributed by atoms with Gasteiger partial charge in [-0.1, -0.05) is 0 Å². The summed E-state index contributed by atoms with van der Waals surface area (Å²) in [5.74, 6) is 3.52. The molecule has 0 aromatic heterocycles. The van der Waals surface area contributed by atoms with Crippen molar-refractivity contribution in [3.63, 3.8) is 0 Å². The molecule has 1 heterocycles. The van der Waals surface area contributed by atoms with Crippen molar-refractivity contribution in [3.05, 3.63) is 0 Å². The van der Waals surface area contributed by atoms with Gasteiger partial charge in [0.05, 0.1) is 0 Å². The summed E-state index contributed by atoms with van der Waals surface area (Å²) in [7, 11) is 0. The van der Waals surface area contributed by atoms with Gasteiger partial charge >= 0.3 is 143 Å². The zero-order valence-electron chi connectivity index (χ0n) is 15.1. The first-order valence-electron chi connectivity index (χ1n) is 9.49. The molecule has 0 spiro atoms. The zero-order chi connectivity index (χ0) is 16.1. The third kappa shape index (κ3) is 8.22. The van der Waals surface area contributed by atoms with Gasteiger partial charge in [0, 0.05) is 0 Å². The predicted octanol–water partition coefficient (Wildman–Crippen LogP) is 5.53. The fourth-order valence-corrected chi connectivity index (χ4v) is 16.5. The van der Waals surface area contributed by atoms with Gasteiger partial charge in [-0.05, 0) is 0 Å². The number of hydrogen-bond donors (Lipinski definition) is 0. The van der Waals surface area contributed by atoms with Crippen LogP contribution < -0.4 is 0 Å². The molecule has 1 rings (SSSR count). The third-order valence-corrected chi connectivity index (χ3v) is 17.8. The molecular formula is C19H36O2Sn. The van der Waals surface area contributed by atoms with E-state index < -0.39 is 18.4 Å². The minimum atomic E-state index is -2.26. The summed E-state index contributed by atoms with van der Waals surface area (Å²) in [6.07, 6.45) is 9.83. The quantitative estimate of drug-likeness (QED) is 0.345. The summed E-state index contributed by atoms with van der Waals surface area (Å²) in [5.41, 5.74) is 0. The minimum absolute atomic E-state index is 0.0613. The van der Waals surface area contributed by atoms with Crippen molar-refractivity contribution in [1.29, 1.82) is 0 Å². The molecule has 3 heteroatoms. The SMILES string of the molecule is CCC[CH2][Sn]([C]#CCC1OCCCO1)([CH2]CCC)[CH2]CCC. The van der Waals surface area contributed by atoms with Gasteiger partial charge in [0.2, 0.25) is 0 Å². The van der Waals surface area contributed by atoms with Crippen LogP contribution in [-0.2, 0) is 9.47 Å². The van der Waals surface area contributed by atoms with E-state index in [1.165, 1.54) is 51.8 Å². The molecule has 0 aromatic carbocycles. The van der Waals surface area contributed by atoms with Crippen molar-refractivity contribution in [2.24, 2.45) is 0 Å². The summed E-state index contributed by atoms with van der Waals surface area (Å²) in [4.78, 5) is 0. The van der Waals surface area contributed by atoms with E-state index in [1.807, 2.05) is 0 Å². The maximum atomic E-state index is 5.63. The van der Waals surface area contributed by atoms with Crippen LogP contribution >= 0.6 is 0 Å². The van der Waals surface area contributed by atoms with Crippen LogP contribution in [-0.4, -0.2) is 37.9 Å². The molecule has 0 aromatic rings. The molecule has 0 amide bonds. The van der Waals surface area contributed by atoms with E-state index in [2.05, 4.69) is 30.6 Å². The van der Waals surface area contributed by atoms with Gasteiger partial charge < -0.3 is 0 Å². The number of hydrogen-bond acceptors (Lipinski definition) is 2. The van der Waals surface area contributed by atoms with E-state index in [0.717, 1.165) is 26.1 Å². The van der Waals surface area contributed by atoms with Crippen LogP contribution in [0.25, 0.3) is 0 Å². The van der Waals surface area contributed by atoms with Gasteiger partial charge in [0.1, 0.15) is 0 Å². The second-order valence-electron chi connectivity index (χ2n) is 6.62. The molecule has 0 saturated carbocycles. The van der Waals surface area contributed by atoms with Crippen LogP contribution in [0.15, 0.2) is 0 Å². The summed E-state index contributed by atoms with van der Waals surface area (Å²) in [6.45, 7) is 8.61. The molecule has 0 unspecified atom stereocenters. The van der Waals surface area contributed by atoms with Crippen molar-refractivity contribution in [1.82, 2.24) is 0 Å². The molecule has 1 saturated heterocycles. The Bertz CT molecular complexity index is 304. The molecule has 0 atom stereocenters. The normalized spacial score (nSPS) is 16.3. The number of ether oxygens (including phenoxy) is 2. The first-order valence-corrected chi connectivity index (χ1v) is 17.0. The molecule has 1 aliphatic rings. The first-order chi connectivity index (χ1) is 10.8. The van der Waals surface area contributed by atoms with Gasteiger partial charge in [0.25, 0.3) is 0 Å². The van der Waals surface area contributed by atoms with Crippen molar-refractivity contribution in [3.8, 4) is 9.86 Å². The number of unbranched alkanes of at least 4 members (excludes halogenated alkanes) is 3. The summed E-state index contributed by atoms with van der Waals surface area (Å²) in [6, 6.07) is 0. The Kier molecular flexibility index (Phi) is 11.7. The fourth-order valence-electron chi connectivity index (χ4n) is 3.08. The zero-order valence-corrected chi connectivity index (χ0v) is 17.9. The monoisotopic (exact) mass is 416 g/mol. The van der Waals surface area contributed by atoms with Gasteiger partial charge in [-0.25, -0.2) is 0 Å². The van der Waals surface area contributed by atoms with Gasteiger partial charge in [0.15, 0.2) is 0 Å². The fraction of sp³-hybridized carbons (Fsp3) is 0.895. The van der Waals surface area contributed by atoms with Crippen molar-refractivity contribution < 1.29 is 9.47 Å². The Hall–Kier alpha value is 0.279. The van der Waals surface area contributed by atoms with E-state index in [0.29, 0.717) is 0 Å². The summed E-state index contributed by atoms with van der Waals surface area (Å²) < 4.78 is 19.5. The molecule has 1 fully saturated rings. The van der Waals surface area contributed by atoms with Crippen molar-refractivity contribution in [2.45, 2.75) is 91.7 Å². The molecule has 2 nitrogen and oxygen atoms in total. The Morgan fingerprint density at radius 2 is 1.36 bits per heavy atom. The first kappa shape index (κ1) is 20.3. The second-order valence-corrected chi connectivity index (χ2v) is 18.9. The Morgan fingerprint density at radius 3 is 1.82 bits per heavy atom. The van der Waals surface area contributed by atoms with Crippen LogP contribution in [0.1, 0.15) is 72.1 Å². The van der Waals surface area contributed by atoms with E-state index in [9.17, 15) is 0 Å². The Morgan fingerprint density at radius 1 is 0.864 bits per heavy atom. The maximum absolute atomic E-state index is 5.63. The summed E-state index contributed by atoms with van der Waals surface area (Å²) >= 11 is -2.26. The molecule has 0 aliphatic carbocycles. The summed E-state index contributed by atoms with van der Waals surface area (Å²) in [5, 5.41) is 0. The van der Waals surface area contributed by atoms with Crippen LogP contribution in [0.4, 0.5) is 0 Å². The second kappa shape index (κ2) is 12.7. The van der Waals surface area contributed by atoms with Crippen LogP contribution in [0.2, 0.25) is 13.3 Å². The molecule has 22 heavy (non-hydrogen) atoms. The average molecular weight is 415 g/mol. The van der Waals surface area contributed by atoms with E-state index in [4.69, 9.17) is 9.47 Å². The average Bonchev–Trinajstić information content (AvgIpc) is 2.57. The number of rotatable bonds is 10. The molecule has 128 valence electrons. The molecule has 0 bridgehead atoms. The molecule has 0 N–H and O–H groups in total. The predicted molar refractivity (Wildman–Crippen MR) is 97.6 cm³/mol. The van der Waals surface area contributed by atoms with Crippen molar-refractivity contribution in [2.75, 3.05) is 13.2 Å². The van der Waals surface area contributed by atoms with E-state index >= 15 is 0 Å². The van der Waals surface area contributed by atoms with E-state index in [-0.39, 0.29) is 6.29 Å². The van der Waals surface area contributed by atoms with Crippen LogP contribution in [0.5, 0.6) is 0 Å². The standard InChI is InChI=1S/C7H9O2.3C4H9.Sn/c1-2-4-7-8-5-3-6-9-7;3*1-3-4-2;/h7H,3-6H2;3*1,3-4H2,2H3;. The molecule has 1 aliphatic heterocycles. The van der Waals surface area contributed by atoms with E-state index in [1.54, 1.807) is 0 Å². The van der Waals surface area contributed by atoms with Crippen molar-refractivity contribution >= 4 is 18.4 Å². The van der Waals surface area contributed by atoms with Gasteiger partial charge in [-0.15, -0.1) is 0 Å². The third-order valence-electron chi connectivity index (χ3n) is 4.55. The Balaban J connectivity index is 2.66. The Labute approximate surface area is 142 Å².